The van der Waals surface area contributed by atoms with Gasteiger partial charge in [-0.25, -0.2) is 0 Å². The lowest BCUT2D eigenvalue weighted by Gasteiger charge is -2.15. The fourth-order valence-corrected chi connectivity index (χ4v) is 1.32. The first-order chi connectivity index (χ1) is 6.20. The van der Waals surface area contributed by atoms with Crippen molar-refractivity contribution in [3.8, 4) is 5.75 Å². The van der Waals surface area contributed by atoms with Crippen molar-refractivity contribution in [2.24, 2.45) is 5.73 Å². The molecule has 0 spiro atoms. The van der Waals surface area contributed by atoms with Gasteiger partial charge in [-0.05, 0) is 12.5 Å². The second-order valence-corrected chi connectivity index (χ2v) is 2.98. The number of ether oxygens (including phenoxy) is 1. The molecule has 3 nitrogen and oxygen atoms in total. The summed E-state index contributed by atoms with van der Waals surface area (Å²) < 4.78 is 5.19. The van der Waals surface area contributed by atoms with Crippen LogP contribution in [0.3, 0.4) is 0 Å². The molecule has 0 aromatic heterocycles. The Morgan fingerprint density at radius 2 is 2.15 bits per heavy atom. The standard InChI is InChI=1S/C10H16N2O/c1-3-8(11)7-5-4-6-9(12)10(7)13-2/h4-6,8H,3,11-12H2,1-2H3/t8-/m1/s1. The molecule has 13 heavy (non-hydrogen) atoms. The Kier molecular flexibility index (Phi) is 3.14. The molecule has 0 saturated carbocycles. The van der Waals surface area contributed by atoms with Crippen LogP contribution in [-0.2, 0) is 0 Å². The minimum Gasteiger partial charge on any atom is -0.494 e. The molecular weight excluding hydrogens is 164 g/mol. The van der Waals surface area contributed by atoms with E-state index in [0.29, 0.717) is 11.4 Å². The number of benzene rings is 1. The van der Waals surface area contributed by atoms with Gasteiger partial charge in [0.2, 0.25) is 0 Å². The summed E-state index contributed by atoms with van der Waals surface area (Å²) in [4.78, 5) is 0. The van der Waals surface area contributed by atoms with Gasteiger partial charge in [-0.2, -0.15) is 0 Å². The van der Waals surface area contributed by atoms with Crippen molar-refractivity contribution in [3.05, 3.63) is 23.8 Å². The molecule has 0 fully saturated rings. The smallest absolute Gasteiger partial charge is 0.146 e. The lowest BCUT2D eigenvalue weighted by Crippen LogP contribution is -2.11. The van der Waals surface area contributed by atoms with E-state index in [2.05, 4.69) is 0 Å². The van der Waals surface area contributed by atoms with Crippen LogP contribution in [0.5, 0.6) is 5.75 Å². The van der Waals surface area contributed by atoms with Crippen molar-refractivity contribution < 1.29 is 4.74 Å². The first-order valence-electron chi connectivity index (χ1n) is 4.38. The fraction of sp³-hybridized carbons (Fsp3) is 0.400. The average molecular weight is 180 g/mol. The van der Waals surface area contributed by atoms with E-state index in [4.69, 9.17) is 16.2 Å². The molecule has 1 atom stereocenters. The van der Waals surface area contributed by atoms with Gasteiger partial charge >= 0.3 is 0 Å². The quantitative estimate of drug-likeness (QED) is 0.696. The van der Waals surface area contributed by atoms with Gasteiger partial charge in [0.15, 0.2) is 0 Å². The van der Waals surface area contributed by atoms with Crippen LogP contribution in [0.1, 0.15) is 24.9 Å². The van der Waals surface area contributed by atoms with Gasteiger partial charge in [-0.1, -0.05) is 19.1 Å². The maximum absolute atomic E-state index is 5.90. The number of nitrogen functional groups attached to an aromatic ring is 1. The van der Waals surface area contributed by atoms with E-state index in [9.17, 15) is 0 Å². The van der Waals surface area contributed by atoms with Gasteiger partial charge in [0.1, 0.15) is 5.75 Å². The Hall–Kier alpha value is -1.22. The Labute approximate surface area is 78.7 Å². The van der Waals surface area contributed by atoms with Crippen LogP contribution in [0.2, 0.25) is 0 Å². The SMILES string of the molecule is CC[C@@H](N)c1cccc(N)c1OC. The minimum absolute atomic E-state index is 0.00144. The van der Waals surface area contributed by atoms with Crippen LogP contribution in [0.15, 0.2) is 18.2 Å². The third-order valence-corrected chi connectivity index (χ3v) is 2.12. The fourth-order valence-electron chi connectivity index (χ4n) is 1.32. The molecule has 1 aromatic rings. The van der Waals surface area contributed by atoms with E-state index in [1.54, 1.807) is 7.11 Å². The summed E-state index contributed by atoms with van der Waals surface area (Å²) in [6.07, 6.45) is 0.875. The maximum atomic E-state index is 5.90. The summed E-state index contributed by atoms with van der Waals surface area (Å²) in [6.45, 7) is 2.04. The molecule has 0 aliphatic rings. The summed E-state index contributed by atoms with van der Waals surface area (Å²) in [5.41, 5.74) is 13.3. The van der Waals surface area contributed by atoms with Gasteiger partial charge < -0.3 is 16.2 Å². The Morgan fingerprint density at radius 1 is 1.46 bits per heavy atom. The van der Waals surface area contributed by atoms with Crippen molar-refractivity contribution in [1.82, 2.24) is 0 Å². The molecule has 3 heteroatoms. The molecular formula is C10H16N2O. The van der Waals surface area contributed by atoms with E-state index in [1.165, 1.54) is 0 Å². The number of rotatable bonds is 3. The molecule has 72 valence electrons. The molecule has 0 radical (unpaired) electrons. The molecule has 0 saturated heterocycles. The molecule has 4 N–H and O–H groups in total. The Bertz CT molecular complexity index is 286. The highest BCUT2D eigenvalue weighted by atomic mass is 16.5. The molecule has 0 unspecified atom stereocenters. The molecule has 0 amide bonds. The van der Waals surface area contributed by atoms with E-state index < -0.39 is 0 Å². The summed E-state index contributed by atoms with van der Waals surface area (Å²) in [6, 6.07) is 5.65. The lowest BCUT2D eigenvalue weighted by molar-refractivity contribution is 0.407. The third-order valence-electron chi connectivity index (χ3n) is 2.12. The van der Waals surface area contributed by atoms with Crippen LogP contribution in [0.25, 0.3) is 0 Å². The predicted molar refractivity (Wildman–Crippen MR) is 54.6 cm³/mol. The molecule has 0 heterocycles. The molecule has 0 bridgehead atoms. The first kappa shape index (κ1) is 9.86. The van der Waals surface area contributed by atoms with Crippen LogP contribution >= 0.6 is 0 Å². The van der Waals surface area contributed by atoms with E-state index >= 15 is 0 Å². The van der Waals surface area contributed by atoms with Crippen molar-refractivity contribution in [1.29, 1.82) is 0 Å². The van der Waals surface area contributed by atoms with Crippen LogP contribution in [0.4, 0.5) is 5.69 Å². The number of methoxy groups -OCH3 is 1. The second-order valence-electron chi connectivity index (χ2n) is 2.98. The van der Waals surface area contributed by atoms with Crippen molar-refractivity contribution in [2.75, 3.05) is 12.8 Å². The van der Waals surface area contributed by atoms with Gasteiger partial charge in [-0.15, -0.1) is 0 Å². The number of para-hydroxylation sites is 1. The van der Waals surface area contributed by atoms with E-state index in [-0.39, 0.29) is 6.04 Å². The average Bonchev–Trinajstić information content (AvgIpc) is 2.16. The van der Waals surface area contributed by atoms with Crippen molar-refractivity contribution in [3.63, 3.8) is 0 Å². The summed E-state index contributed by atoms with van der Waals surface area (Å²) >= 11 is 0. The highest BCUT2D eigenvalue weighted by Crippen LogP contribution is 2.30. The molecule has 0 aliphatic heterocycles. The number of hydrogen-bond acceptors (Lipinski definition) is 3. The van der Waals surface area contributed by atoms with Crippen LogP contribution in [-0.4, -0.2) is 7.11 Å². The largest absolute Gasteiger partial charge is 0.494 e. The third kappa shape index (κ3) is 1.92. The zero-order chi connectivity index (χ0) is 9.84. The number of hydrogen-bond donors (Lipinski definition) is 2. The molecule has 0 aliphatic carbocycles. The highest BCUT2D eigenvalue weighted by molar-refractivity contribution is 5.57. The minimum atomic E-state index is -0.00144. The summed E-state index contributed by atoms with van der Waals surface area (Å²) in [5, 5.41) is 0. The lowest BCUT2D eigenvalue weighted by atomic mass is 10.0. The van der Waals surface area contributed by atoms with Gasteiger partial charge in [0, 0.05) is 11.6 Å². The van der Waals surface area contributed by atoms with Crippen molar-refractivity contribution >= 4 is 5.69 Å². The first-order valence-corrected chi connectivity index (χ1v) is 4.38. The van der Waals surface area contributed by atoms with E-state index in [1.807, 2.05) is 25.1 Å². The summed E-state index contributed by atoms with van der Waals surface area (Å²) in [7, 11) is 1.61. The second kappa shape index (κ2) is 4.14. The van der Waals surface area contributed by atoms with Crippen LogP contribution < -0.4 is 16.2 Å². The molecule has 1 aromatic carbocycles. The zero-order valence-corrected chi connectivity index (χ0v) is 8.08. The normalized spacial score (nSPS) is 12.5. The molecule has 1 rings (SSSR count). The zero-order valence-electron chi connectivity index (χ0n) is 8.08. The van der Waals surface area contributed by atoms with Crippen molar-refractivity contribution in [2.45, 2.75) is 19.4 Å². The summed E-state index contributed by atoms with van der Waals surface area (Å²) in [5.74, 6) is 0.705. The predicted octanol–water partition coefficient (Wildman–Crippen LogP) is 1.69. The Balaban J connectivity index is 3.12. The van der Waals surface area contributed by atoms with Gasteiger partial charge in [0.05, 0.1) is 12.8 Å². The monoisotopic (exact) mass is 180 g/mol. The topological polar surface area (TPSA) is 61.3 Å². The van der Waals surface area contributed by atoms with Crippen LogP contribution in [0, 0.1) is 0 Å². The van der Waals surface area contributed by atoms with Gasteiger partial charge in [-0.3, -0.25) is 0 Å². The van der Waals surface area contributed by atoms with Gasteiger partial charge in [0.25, 0.3) is 0 Å². The Morgan fingerprint density at radius 3 is 2.69 bits per heavy atom. The highest BCUT2D eigenvalue weighted by Gasteiger charge is 2.11. The maximum Gasteiger partial charge on any atom is 0.146 e. The van der Waals surface area contributed by atoms with E-state index in [0.717, 1.165) is 12.0 Å². The number of anilines is 1. The number of nitrogens with two attached hydrogens (primary N) is 2.